The molecule has 1 atom stereocenters. The number of nitrogens with two attached hydrogens (primary N) is 1. The van der Waals surface area contributed by atoms with E-state index in [1.54, 1.807) is 0 Å². The first-order valence-electron chi connectivity index (χ1n) is 5.95. The highest BCUT2D eigenvalue weighted by Crippen LogP contribution is 2.41. The van der Waals surface area contributed by atoms with E-state index in [4.69, 9.17) is 17.3 Å². The van der Waals surface area contributed by atoms with Gasteiger partial charge in [0.05, 0.1) is 6.04 Å². The van der Waals surface area contributed by atoms with Gasteiger partial charge in [-0.2, -0.15) is 0 Å². The van der Waals surface area contributed by atoms with E-state index < -0.39 is 0 Å². The van der Waals surface area contributed by atoms with Gasteiger partial charge in [0.2, 0.25) is 5.91 Å². The second-order valence-electron chi connectivity index (χ2n) is 4.47. The van der Waals surface area contributed by atoms with Gasteiger partial charge in [-0.05, 0) is 36.5 Å². The first-order chi connectivity index (χ1) is 8.20. The Labute approximate surface area is 118 Å². The molecule has 5 heteroatoms. The fourth-order valence-electron chi connectivity index (χ4n) is 1.95. The molecule has 0 saturated heterocycles. The lowest BCUT2D eigenvalue weighted by Gasteiger charge is -2.18. The predicted octanol–water partition coefficient (Wildman–Crippen LogP) is 2.68. The normalized spacial score (nSPS) is 15.7. The number of halogens is 2. The minimum atomic E-state index is 0. The van der Waals surface area contributed by atoms with Crippen LogP contribution in [0.15, 0.2) is 24.3 Å². The Kier molecular flexibility index (Phi) is 5.93. The molecule has 0 aromatic heterocycles. The molecule has 1 saturated carbocycles. The topological polar surface area (TPSA) is 55.1 Å². The minimum Gasteiger partial charge on any atom is -0.349 e. The summed E-state index contributed by atoms with van der Waals surface area (Å²) < 4.78 is 0. The van der Waals surface area contributed by atoms with Crippen molar-refractivity contribution in [3.63, 3.8) is 0 Å². The van der Waals surface area contributed by atoms with E-state index in [-0.39, 0.29) is 24.4 Å². The van der Waals surface area contributed by atoms with Gasteiger partial charge in [0.25, 0.3) is 0 Å². The average molecular weight is 289 g/mol. The monoisotopic (exact) mass is 288 g/mol. The standard InChI is InChI=1S/C13H17ClN2O.ClH/c14-11-5-3-10(4-6-11)13(9-1-2-9)16-12(17)7-8-15;/h3-6,9,13H,1-2,7-8,15H2,(H,16,17);1H. The smallest absolute Gasteiger partial charge is 0.221 e. The molecule has 3 nitrogen and oxygen atoms in total. The third kappa shape index (κ3) is 4.16. The summed E-state index contributed by atoms with van der Waals surface area (Å²) in [4.78, 5) is 11.6. The van der Waals surface area contributed by atoms with Gasteiger partial charge >= 0.3 is 0 Å². The largest absolute Gasteiger partial charge is 0.349 e. The number of hydrogen-bond donors (Lipinski definition) is 2. The Morgan fingerprint density at radius 3 is 2.50 bits per heavy atom. The highest BCUT2D eigenvalue weighted by molar-refractivity contribution is 6.30. The highest BCUT2D eigenvalue weighted by atomic mass is 35.5. The molecule has 0 bridgehead atoms. The Hall–Kier alpha value is -0.770. The van der Waals surface area contributed by atoms with Crippen molar-refractivity contribution in [1.29, 1.82) is 0 Å². The number of amides is 1. The van der Waals surface area contributed by atoms with Gasteiger partial charge < -0.3 is 11.1 Å². The summed E-state index contributed by atoms with van der Waals surface area (Å²) in [6, 6.07) is 7.80. The number of rotatable bonds is 5. The third-order valence-electron chi connectivity index (χ3n) is 3.01. The van der Waals surface area contributed by atoms with Crippen molar-refractivity contribution in [3.05, 3.63) is 34.9 Å². The van der Waals surface area contributed by atoms with E-state index in [2.05, 4.69) is 5.32 Å². The quantitative estimate of drug-likeness (QED) is 0.875. The van der Waals surface area contributed by atoms with Crippen molar-refractivity contribution in [1.82, 2.24) is 5.32 Å². The van der Waals surface area contributed by atoms with E-state index in [0.29, 0.717) is 18.9 Å². The van der Waals surface area contributed by atoms with E-state index in [1.165, 1.54) is 12.8 Å². The number of carbonyl (C=O) groups is 1. The summed E-state index contributed by atoms with van der Waals surface area (Å²) in [7, 11) is 0. The molecule has 1 aliphatic rings. The molecule has 1 aromatic rings. The van der Waals surface area contributed by atoms with Crippen molar-refractivity contribution in [3.8, 4) is 0 Å². The number of nitrogens with one attached hydrogen (secondary N) is 1. The van der Waals surface area contributed by atoms with Crippen LogP contribution in [-0.4, -0.2) is 12.5 Å². The fraction of sp³-hybridized carbons (Fsp3) is 0.462. The summed E-state index contributed by atoms with van der Waals surface area (Å²) >= 11 is 5.86. The Bertz CT molecular complexity index is 390. The molecule has 0 heterocycles. The summed E-state index contributed by atoms with van der Waals surface area (Å²) in [5.74, 6) is 0.595. The Morgan fingerprint density at radius 1 is 1.39 bits per heavy atom. The predicted molar refractivity (Wildman–Crippen MR) is 76.0 cm³/mol. The van der Waals surface area contributed by atoms with Crippen LogP contribution in [0.25, 0.3) is 0 Å². The van der Waals surface area contributed by atoms with Crippen LogP contribution in [0.2, 0.25) is 5.02 Å². The zero-order valence-corrected chi connectivity index (χ0v) is 11.6. The van der Waals surface area contributed by atoms with Crippen LogP contribution in [0.5, 0.6) is 0 Å². The molecular formula is C13H18Cl2N2O. The first-order valence-corrected chi connectivity index (χ1v) is 6.33. The molecule has 3 N–H and O–H groups in total. The van der Waals surface area contributed by atoms with Crippen molar-refractivity contribution < 1.29 is 4.79 Å². The zero-order chi connectivity index (χ0) is 12.3. The van der Waals surface area contributed by atoms with Crippen molar-refractivity contribution in [2.24, 2.45) is 11.7 Å². The van der Waals surface area contributed by atoms with Crippen molar-refractivity contribution in [2.75, 3.05) is 6.54 Å². The number of carbonyl (C=O) groups excluding carboxylic acids is 1. The van der Waals surface area contributed by atoms with Crippen LogP contribution in [0.4, 0.5) is 0 Å². The number of hydrogen-bond acceptors (Lipinski definition) is 2. The van der Waals surface area contributed by atoms with Crippen molar-refractivity contribution >= 4 is 29.9 Å². The maximum absolute atomic E-state index is 11.6. The Balaban J connectivity index is 0.00000162. The molecule has 100 valence electrons. The molecule has 0 spiro atoms. The summed E-state index contributed by atoms with van der Waals surface area (Å²) in [6.45, 7) is 0.393. The minimum absolute atomic E-state index is 0. The molecule has 1 amide bonds. The first kappa shape index (κ1) is 15.3. The van der Waals surface area contributed by atoms with Gasteiger partial charge in [-0.1, -0.05) is 23.7 Å². The summed E-state index contributed by atoms with van der Waals surface area (Å²) in [6.07, 6.45) is 2.74. The third-order valence-corrected chi connectivity index (χ3v) is 3.26. The van der Waals surface area contributed by atoms with Crippen LogP contribution in [0, 0.1) is 5.92 Å². The van der Waals surface area contributed by atoms with E-state index in [0.717, 1.165) is 10.6 Å². The summed E-state index contributed by atoms with van der Waals surface area (Å²) in [5, 5.41) is 3.77. The molecule has 1 aromatic carbocycles. The maximum Gasteiger partial charge on any atom is 0.221 e. The van der Waals surface area contributed by atoms with Gasteiger partial charge in [-0.15, -0.1) is 12.4 Å². The SMILES string of the molecule is Cl.NCCC(=O)NC(c1ccc(Cl)cc1)C1CC1. The lowest BCUT2D eigenvalue weighted by Crippen LogP contribution is -2.31. The van der Waals surface area contributed by atoms with Crippen LogP contribution < -0.4 is 11.1 Å². The second kappa shape index (κ2) is 6.98. The fourth-order valence-corrected chi connectivity index (χ4v) is 2.08. The molecule has 1 fully saturated rings. The second-order valence-corrected chi connectivity index (χ2v) is 4.91. The molecular weight excluding hydrogens is 271 g/mol. The maximum atomic E-state index is 11.6. The van der Waals surface area contributed by atoms with Crippen LogP contribution in [0.1, 0.15) is 30.9 Å². The van der Waals surface area contributed by atoms with Crippen LogP contribution in [-0.2, 0) is 4.79 Å². The lowest BCUT2D eigenvalue weighted by molar-refractivity contribution is -0.121. The molecule has 2 rings (SSSR count). The molecule has 18 heavy (non-hydrogen) atoms. The molecule has 0 aliphatic heterocycles. The van der Waals surface area contributed by atoms with Crippen LogP contribution >= 0.6 is 24.0 Å². The number of benzene rings is 1. The van der Waals surface area contributed by atoms with E-state index >= 15 is 0 Å². The molecule has 1 aliphatic carbocycles. The average Bonchev–Trinajstić information content (AvgIpc) is 3.12. The molecule has 1 unspecified atom stereocenters. The van der Waals surface area contributed by atoms with Crippen molar-refractivity contribution in [2.45, 2.75) is 25.3 Å². The summed E-state index contributed by atoms with van der Waals surface area (Å²) in [5.41, 5.74) is 6.50. The van der Waals surface area contributed by atoms with Gasteiger partial charge in [0.1, 0.15) is 0 Å². The van der Waals surface area contributed by atoms with Crippen LogP contribution in [0.3, 0.4) is 0 Å². The highest BCUT2D eigenvalue weighted by Gasteiger charge is 2.33. The lowest BCUT2D eigenvalue weighted by atomic mass is 10.0. The van der Waals surface area contributed by atoms with Gasteiger partial charge in [-0.3, -0.25) is 4.79 Å². The Morgan fingerprint density at radius 2 is 2.00 bits per heavy atom. The van der Waals surface area contributed by atoms with Gasteiger partial charge in [0.15, 0.2) is 0 Å². The molecule has 0 radical (unpaired) electrons. The van der Waals surface area contributed by atoms with Gasteiger partial charge in [0, 0.05) is 18.0 Å². The van der Waals surface area contributed by atoms with E-state index in [1.807, 2.05) is 24.3 Å². The zero-order valence-electron chi connectivity index (χ0n) is 10.1. The van der Waals surface area contributed by atoms with E-state index in [9.17, 15) is 4.79 Å². The van der Waals surface area contributed by atoms with Gasteiger partial charge in [-0.25, -0.2) is 0 Å².